The Hall–Kier alpha value is -2.74. The van der Waals surface area contributed by atoms with Gasteiger partial charge < -0.3 is 16.8 Å². The fourth-order valence-electron chi connectivity index (χ4n) is 3.01. The molecule has 1 saturated carbocycles. The van der Waals surface area contributed by atoms with Crippen LogP contribution in [-0.4, -0.2) is 36.9 Å². The van der Waals surface area contributed by atoms with Gasteiger partial charge in [-0.25, -0.2) is 15.0 Å². The molecule has 0 spiro atoms. The summed E-state index contributed by atoms with van der Waals surface area (Å²) in [7, 11) is 0. The Kier molecular flexibility index (Phi) is 3.73. The first-order valence-corrected chi connectivity index (χ1v) is 8.10. The number of nitrogen functional groups attached to an aromatic ring is 1. The highest BCUT2D eigenvalue weighted by atomic mass is 15.1. The van der Waals surface area contributed by atoms with Crippen molar-refractivity contribution in [1.82, 2.24) is 24.3 Å². The Morgan fingerprint density at radius 1 is 1.25 bits per heavy atom. The molecule has 0 atom stereocenters. The third-order valence-electron chi connectivity index (χ3n) is 4.33. The van der Waals surface area contributed by atoms with Crippen LogP contribution < -0.4 is 16.8 Å². The van der Waals surface area contributed by atoms with Gasteiger partial charge in [0.2, 0.25) is 11.7 Å². The summed E-state index contributed by atoms with van der Waals surface area (Å²) in [4.78, 5) is 17.3. The molecule has 0 radical (unpaired) electrons. The lowest BCUT2D eigenvalue weighted by Gasteiger charge is -2.32. The minimum absolute atomic E-state index is 0.284. The number of nitrogens with zero attached hydrogens (tertiary/aromatic N) is 5. The molecule has 3 aromatic rings. The van der Waals surface area contributed by atoms with Crippen molar-refractivity contribution in [2.24, 2.45) is 5.73 Å². The first-order valence-electron chi connectivity index (χ1n) is 8.10. The third-order valence-corrected chi connectivity index (χ3v) is 4.33. The van der Waals surface area contributed by atoms with E-state index in [0.29, 0.717) is 24.2 Å². The lowest BCUT2D eigenvalue weighted by Crippen LogP contribution is -2.35. The number of imidazole rings is 1. The highest BCUT2D eigenvalue weighted by Crippen LogP contribution is 2.35. The molecular formula is C16H20N8. The Labute approximate surface area is 139 Å². The van der Waals surface area contributed by atoms with Gasteiger partial charge in [0, 0.05) is 49.6 Å². The molecule has 0 unspecified atom stereocenters. The lowest BCUT2D eigenvalue weighted by atomic mass is 9.78. The second-order valence-electron chi connectivity index (χ2n) is 6.20. The SMILES string of the molecule is Nc1nc(NCCc2cn3cccnc3n2)cc(C2CC(N)C2)n1. The third kappa shape index (κ3) is 3.00. The second kappa shape index (κ2) is 6.04. The highest BCUT2D eigenvalue weighted by molar-refractivity contribution is 5.42. The molecule has 0 amide bonds. The topological polar surface area (TPSA) is 120 Å². The van der Waals surface area contributed by atoms with Gasteiger partial charge >= 0.3 is 0 Å². The van der Waals surface area contributed by atoms with Gasteiger partial charge in [-0.15, -0.1) is 0 Å². The number of rotatable bonds is 5. The maximum Gasteiger partial charge on any atom is 0.233 e. The zero-order valence-electron chi connectivity index (χ0n) is 13.3. The van der Waals surface area contributed by atoms with E-state index in [9.17, 15) is 0 Å². The van der Waals surface area contributed by atoms with Crippen LogP contribution in [0.2, 0.25) is 0 Å². The Morgan fingerprint density at radius 3 is 2.92 bits per heavy atom. The van der Waals surface area contributed by atoms with Crippen molar-refractivity contribution in [3.05, 3.63) is 42.1 Å². The number of aromatic nitrogens is 5. The van der Waals surface area contributed by atoms with E-state index in [4.69, 9.17) is 11.5 Å². The standard InChI is InChI=1S/C16H20N8/c17-11-6-10(7-11)13-8-14(23-15(18)22-13)19-4-2-12-9-24-5-1-3-20-16(24)21-12/h1,3,5,8-11H,2,4,6-7,17H2,(H3,18,19,22,23). The summed E-state index contributed by atoms with van der Waals surface area (Å²) >= 11 is 0. The summed E-state index contributed by atoms with van der Waals surface area (Å²) in [6, 6.07) is 4.14. The van der Waals surface area contributed by atoms with Crippen LogP contribution in [0.3, 0.4) is 0 Å². The summed E-state index contributed by atoms with van der Waals surface area (Å²) < 4.78 is 1.91. The molecule has 0 aliphatic heterocycles. The minimum atomic E-state index is 0.284. The van der Waals surface area contributed by atoms with Gasteiger partial charge in [0.15, 0.2) is 0 Å². The molecule has 3 aromatic heterocycles. The van der Waals surface area contributed by atoms with Gasteiger partial charge in [0.25, 0.3) is 0 Å². The number of nitrogens with two attached hydrogens (primary N) is 2. The van der Waals surface area contributed by atoms with E-state index in [1.807, 2.05) is 28.9 Å². The van der Waals surface area contributed by atoms with Gasteiger partial charge in [0.1, 0.15) is 5.82 Å². The van der Waals surface area contributed by atoms with Crippen LogP contribution in [0.4, 0.5) is 11.8 Å². The molecule has 0 aromatic carbocycles. The lowest BCUT2D eigenvalue weighted by molar-refractivity contribution is 0.345. The zero-order chi connectivity index (χ0) is 16.5. The molecule has 5 N–H and O–H groups in total. The maximum atomic E-state index is 5.85. The molecule has 0 saturated heterocycles. The summed E-state index contributed by atoms with van der Waals surface area (Å²) in [5, 5.41) is 3.30. The van der Waals surface area contributed by atoms with Crippen LogP contribution in [0, 0.1) is 0 Å². The van der Waals surface area contributed by atoms with Gasteiger partial charge in [-0.2, -0.15) is 4.98 Å². The first kappa shape index (κ1) is 14.8. The van der Waals surface area contributed by atoms with E-state index in [0.717, 1.165) is 36.5 Å². The predicted molar refractivity (Wildman–Crippen MR) is 91.6 cm³/mol. The van der Waals surface area contributed by atoms with E-state index in [2.05, 4.69) is 25.3 Å². The van der Waals surface area contributed by atoms with Crippen molar-refractivity contribution >= 4 is 17.5 Å². The molecule has 3 heterocycles. The van der Waals surface area contributed by atoms with Crippen molar-refractivity contribution in [2.45, 2.75) is 31.2 Å². The zero-order valence-corrected chi connectivity index (χ0v) is 13.3. The molecule has 4 rings (SSSR count). The first-order chi connectivity index (χ1) is 11.7. The maximum absolute atomic E-state index is 5.85. The van der Waals surface area contributed by atoms with E-state index < -0.39 is 0 Å². The number of hydrogen-bond acceptors (Lipinski definition) is 7. The molecular weight excluding hydrogens is 304 g/mol. The smallest absolute Gasteiger partial charge is 0.233 e. The van der Waals surface area contributed by atoms with Crippen LogP contribution in [0.15, 0.2) is 30.7 Å². The van der Waals surface area contributed by atoms with Crippen molar-refractivity contribution in [2.75, 3.05) is 17.6 Å². The molecule has 0 bridgehead atoms. The van der Waals surface area contributed by atoms with Gasteiger partial charge in [-0.1, -0.05) is 0 Å². The van der Waals surface area contributed by atoms with Crippen molar-refractivity contribution in [1.29, 1.82) is 0 Å². The molecule has 1 aliphatic carbocycles. The monoisotopic (exact) mass is 324 g/mol. The number of fused-ring (bicyclic) bond motifs is 1. The summed E-state index contributed by atoms with van der Waals surface area (Å²) in [5.74, 6) is 2.16. The molecule has 24 heavy (non-hydrogen) atoms. The number of hydrogen-bond donors (Lipinski definition) is 3. The van der Waals surface area contributed by atoms with E-state index >= 15 is 0 Å². The molecule has 1 fully saturated rings. The Morgan fingerprint density at radius 2 is 2.12 bits per heavy atom. The normalized spacial score (nSPS) is 20.0. The fraction of sp³-hybridized carbons (Fsp3) is 0.375. The molecule has 8 heteroatoms. The van der Waals surface area contributed by atoms with Crippen LogP contribution in [-0.2, 0) is 6.42 Å². The summed E-state index contributed by atoms with van der Waals surface area (Å²) in [6.07, 6.45) is 8.36. The minimum Gasteiger partial charge on any atom is -0.370 e. The number of anilines is 2. The highest BCUT2D eigenvalue weighted by Gasteiger charge is 2.29. The van der Waals surface area contributed by atoms with Gasteiger partial charge in [-0.3, -0.25) is 4.40 Å². The molecule has 1 aliphatic rings. The molecule has 124 valence electrons. The second-order valence-corrected chi connectivity index (χ2v) is 6.20. The van der Waals surface area contributed by atoms with Gasteiger partial charge in [-0.05, 0) is 18.9 Å². The van der Waals surface area contributed by atoms with Crippen LogP contribution in [0.25, 0.3) is 5.78 Å². The van der Waals surface area contributed by atoms with Crippen molar-refractivity contribution < 1.29 is 0 Å². The van der Waals surface area contributed by atoms with E-state index in [1.165, 1.54) is 0 Å². The van der Waals surface area contributed by atoms with Crippen molar-refractivity contribution in [3.8, 4) is 0 Å². The fourth-order valence-corrected chi connectivity index (χ4v) is 3.01. The van der Waals surface area contributed by atoms with E-state index in [-0.39, 0.29) is 6.04 Å². The van der Waals surface area contributed by atoms with E-state index in [1.54, 1.807) is 6.20 Å². The average Bonchev–Trinajstić information content (AvgIpc) is 2.94. The largest absolute Gasteiger partial charge is 0.370 e. The number of nitrogens with one attached hydrogen (secondary N) is 1. The predicted octanol–water partition coefficient (Wildman–Crippen LogP) is 0.961. The Bertz CT molecular complexity index is 819. The summed E-state index contributed by atoms with van der Waals surface area (Å²) in [6.45, 7) is 0.712. The average molecular weight is 324 g/mol. The Balaban J connectivity index is 1.40. The summed E-state index contributed by atoms with van der Waals surface area (Å²) in [5.41, 5.74) is 13.6. The quantitative estimate of drug-likeness (QED) is 0.639. The van der Waals surface area contributed by atoms with Gasteiger partial charge in [0.05, 0.1) is 11.4 Å². The van der Waals surface area contributed by atoms with Crippen molar-refractivity contribution in [3.63, 3.8) is 0 Å². The molecule has 8 nitrogen and oxygen atoms in total. The van der Waals surface area contributed by atoms with Crippen LogP contribution in [0.1, 0.15) is 30.1 Å². The van der Waals surface area contributed by atoms with Crippen LogP contribution in [0.5, 0.6) is 0 Å². The van der Waals surface area contributed by atoms with Crippen LogP contribution >= 0.6 is 0 Å².